The molecule has 1 aromatic carbocycles. The van der Waals surface area contributed by atoms with E-state index in [9.17, 15) is 9.90 Å². The number of aliphatic carboxylic acids is 1. The Morgan fingerprint density at radius 1 is 1.44 bits per heavy atom. The second-order valence-electron chi connectivity index (χ2n) is 4.95. The molecule has 0 aliphatic carbocycles. The van der Waals surface area contributed by atoms with Crippen LogP contribution in [0.2, 0.25) is 0 Å². The number of hydrogen-bond donors (Lipinski definition) is 2. The first-order valence-corrected chi connectivity index (χ1v) is 6.28. The molecule has 0 radical (unpaired) electrons. The molecule has 0 saturated carbocycles. The number of phenols is 1. The number of carboxylic acid groups (broad SMARTS) is 1. The molecule has 98 valence electrons. The fraction of sp³-hybridized carbons (Fsp3) is 0.500. The van der Waals surface area contributed by atoms with Crippen LogP contribution in [0.3, 0.4) is 0 Å². The van der Waals surface area contributed by atoms with E-state index in [1.54, 1.807) is 12.1 Å². The second kappa shape index (κ2) is 4.98. The van der Waals surface area contributed by atoms with Crippen LogP contribution in [0.15, 0.2) is 24.3 Å². The largest absolute Gasteiger partial charge is 0.508 e. The number of aromatic hydroxyl groups is 1. The molecule has 0 bridgehead atoms. The van der Waals surface area contributed by atoms with Crippen LogP contribution in [0, 0.1) is 5.92 Å². The van der Waals surface area contributed by atoms with Gasteiger partial charge in [0.15, 0.2) is 0 Å². The SMILES string of the molecule is CC(c1ccccc1O)N1CCC(C(=O)O)C1C. The zero-order valence-electron chi connectivity index (χ0n) is 10.7. The molecule has 4 nitrogen and oxygen atoms in total. The van der Waals surface area contributed by atoms with Gasteiger partial charge in [-0.05, 0) is 32.9 Å². The lowest BCUT2D eigenvalue weighted by Gasteiger charge is -2.30. The Balaban J connectivity index is 2.18. The molecular formula is C14H19NO3. The molecule has 1 aromatic rings. The molecule has 4 heteroatoms. The Bertz CT molecular complexity index is 446. The molecule has 0 spiro atoms. The van der Waals surface area contributed by atoms with Gasteiger partial charge in [0.1, 0.15) is 5.75 Å². The number of para-hydroxylation sites is 1. The van der Waals surface area contributed by atoms with Crippen molar-refractivity contribution in [1.82, 2.24) is 4.90 Å². The van der Waals surface area contributed by atoms with Crippen molar-refractivity contribution >= 4 is 5.97 Å². The maximum absolute atomic E-state index is 11.1. The van der Waals surface area contributed by atoms with E-state index < -0.39 is 5.97 Å². The number of phenolic OH excluding ortho intramolecular Hbond substituents is 1. The Morgan fingerprint density at radius 2 is 2.11 bits per heavy atom. The molecule has 3 atom stereocenters. The minimum Gasteiger partial charge on any atom is -0.508 e. The summed E-state index contributed by atoms with van der Waals surface area (Å²) in [5, 5.41) is 19.0. The molecule has 1 fully saturated rings. The minimum atomic E-state index is -0.727. The van der Waals surface area contributed by atoms with Crippen molar-refractivity contribution in [3.63, 3.8) is 0 Å². The molecule has 2 rings (SSSR count). The molecule has 3 unspecified atom stereocenters. The normalized spacial score (nSPS) is 26.1. The van der Waals surface area contributed by atoms with Crippen LogP contribution < -0.4 is 0 Å². The highest BCUT2D eigenvalue weighted by atomic mass is 16.4. The van der Waals surface area contributed by atoms with Gasteiger partial charge in [0.25, 0.3) is 0 Å². The molecule has 1 aliphatic rings. The molecule has 1 heterocycles. The van der Waals surface area contributed by atoms with Gasteiger partial charge in [0.05, 0.1) is 5.92 Å². The van der Waals surface area contributed by atoms with Crippen LogP contribution in [-0.4, -0.2) is 33.7 Å². The van der Waals surface area contributed by atoms with Gasteiger partial charge in [-0.1, -0.05) is 18.2 Å². The first-order chi connectivity index (χ1) is 8.52. The van der Waals surface area contributed by atoms with Gasteiger partial charge in [-0.25, -0.2) is 0 Å². The number of benzene rings is 1. The third kappa shape index (κ3) is 2.20. The summed E-state index contributed by atoms with van der Waals surface area (Å²) in [6.07, 6.45) is 0.675. The smallest absolute Gasteiger partial charge is 0.308 e. The predicted molar refractivity (Wildman–Crippen MR) is 68.4 cm³/mol. The zero-order valence-corrected chi connectivity index (χ0v) is 10.7. The third-order valence-corrected chi connectivity index (χ3v) is 4.01. The number of likely N-dealkylation sites (tertiary alicyclic amines) is 1. The number of hydrogen-bond acceptors (Lipinski definition) is 3. The van der Waals surface area contributed by atoms with Crippen LogP contribution in [0.1, 0.15) is 31.9 Å². The van der Waals surface area contributed by atoms with Crippen molar-refractivity contribution in [2.75, 3.05) is 6.54 Å². The first kappa shape index (κ1) is 12.9. The average Bonchev–Trinajstić information content (AvgIpc) is 2.71. The summed E-state index contributed by atoms with van der Waals surface area (Å²) in [5.74, 6) is -0.760. The zero-order chi connectivity index (χ0) is 13.3. The van der Waals surface area contributed by atoms with Gasteiger partial charge in [0, 0.05) is 17.6 Å². The second-order valence-corrected chi connectivity index (χ2v) is 4.95. The Kier molecular flexibility index (Phi) is 3.57. The topological polar surface area (TPSA) is 60.8 Å². The van der Waals surface area contributed by atoms with E-state index in [0.29, 0.717) is 6.42 Å². The van der Waals surface area contributed by atoms with Crippen LogP contribution in [0.25, 0.3) is 0 Å². The van der Waals surface area contributed by atoms with Crippen molar-refractivity contribution in [2.45, 2.75) is 32.4 Å². The molecule has 2 N–H and O–H groups in total. The van der Waals surface area contributed by atoms with E-state index in [1.807, 2.05) is 26.0 Å². The quantitative estimate of drug-likeness (QED) is 0.862. The average molecular weight is 249 g/mol. The fourth-order valence-corrected chi connectivity index (χ4v) is 2.86. The summed E-state index contributed by atoms with van der Waals surface area (Å²) >= 11 is 0. The summed E-state index contributed by atoms with van der Waals surface area (Å²) in [5.41, 5.74) is 0.857. The van der Waals surface area contributed by atoms with Crippen LogP contribution in [0.4, 0.5) is 0 Å². The van der Waals surface area contributed by atoms with Crippen molar-refractivity contribution < 1.29 is 15.0 Å². The molecule has 1 saturated heterocycles. The lowest BCUT2D eigenvalue weighted by atomic mass is 10.0. The summed E-state index contributed by atoms with van der Waals surface area (Å²) in [7, 11) is 0. The van der Waals surface area contributed by atoms with Gasteiger partial charge >= 0.3 is 5.97 Å². The highest BCUT2D eigenvalue weighted by Gasteiger charge is 2.38. The number of rotatable bonds is 3. The van der Waals surface area contributed by atoms with Crippen LogP contribution in [0.5, 0.6) is 5.75 Å². The van der Waals surface area contributed by atoms with Gasteiger partial charge in [-0.15, -0.1) is 0 Å². The van der Waals surface area contributed by atoms with E-state index in [1.165, 1.54) is 0 Å². The first-order valence-electron chi connectivity index (χ1n) is 6.28. The van der Waals surface area contributed by atoms with Crippen molar-refractivity contribution in [3.8, 4) is 5.75 Å². The Morgan fingerprint density at radius 3 is 2.67 bits per heavy atom. The number of carbonyl (C=O) groups is 1. The van der Waals surface area contributed by atoms with Gasteiger partial charge < -0.3 is 10.2 Å². The Labute approximate surface area is 107 Å². The van der Waals surface area contributed by atoms with E-state index in [0.717, 1.165) is 12.1 Å². The van der Waals surface area contributed by atoms with Crippen molar-refractivity contribution in [1.29, 1.82) is 0 Å². The molecular weight excluding hydrogens is 230 g/mol. The maximum Gasteiger partial charge on any atom is 0.308 e. The van der Waals surface area contributed by atoms with Crippen LogP contribution in [-0.2, 0) is 4.79 Å². The number of nitrogens with zero attached hydrogens (tertiary/aromatic N) is 1. The monoisotopic (exact) mass is 249 g/mol. The predicted octanol–water partition coefficient (Wildman–Crippen LogP) is 2.25. The van der Waals surface area contributed by atoms with Gasteiger partial charge in [-0.3, -0.25) is 9.69 Å². The summed E-state index contributed by atoms with van der Waals surface area (Å²) < 4.78 is 0. The highest BCUT2D eigenvalue weighted by Crippen LogP contribution is 2.35. The van der Waals surface area contributed by atoms with Crippen molar-refractivity contribution in [3.05, 3.63) is 29.8 Å². The van der Waals surface area contributed by atoms with E-state index in [2.05, 4.69) is 4.90 Å². The third-order valence-electron chi connectivity index (χ3n) is 4.01. The Hall–Kier alpha value is -1.55. The van der Waals surface area contributed by atoms with Crippen molar-refractivity contribution in [2.24, 2.45) is 5.92 Å². The summed E-state index contributed by atoms with van der Waals surface area (Å²) in [6.45, 7) is 4.71. The lowest BCUT2D eigenvalue weighted by Crippen LogP contribution is -2.34. The minimum absolute atomic E-state index is 0.00268. The standard InChI is InChI=1S/C14H19NO3/c1-9(11-5-3-4-6-13(11)16)15-8-7-12(10(15)2)14(17)18/h3-6,9-10,12,16H,7-8H2,1-2H3,(H,17,18). The van der Waals surface area contributed by atoms with Gasteiger partial charge in [0.2, 0.25) is 0 Å². The number of carboxylic acids is 1. The van der Waals surface area contributed by atoms with E-state index in [-0.39, 0.29) is 23.8 Å². The fourth-order valence-electron chi connectivity index (χ4n) is 2.86. The summed E-state index contributed by atoms with van der Waals surface area (Å²) in [6, 6.07) is 7.27. The molecule has 18 heavy (non-hydrogen) atoms. The highest BCUT2D eigenvalue weighted by molar-refractivity contribution is 5.71. The molecule has 0 amide bonds. The molecule has 1 aliphatic heterocycles. The molecule has 0 aromatic heterocycles. The summed E-state index contributed by atoms with van der Waals surface area (Å²) in [4.78, 5) is 13.3. The van der Waals surface area contributed by atoms with Gasteiger partial charge in [-0.2, -0.15) is 0 Å². The van der Waals surface area contributed by atoms with Crippen LogP contribution >= 0.6 is 0 Å². The van der Waals surface area contributed by atoms with E-state index >= 15 is 0 Å². The van der Waals surface area contributed by atoms with E-state index in [4.69, 9.17) is 5.11 Å². The lowest BCUT2D eigenvalue weighted by molar-refractivity contribution is -0.142. The maximum atomic E-state index is 11.1.